The summed E-state index contributed by atoms with van der Waals surface area (Å²) in [4.78, 5) is 15.7. The Kier molecular flexibility index (Phi) is 3.74. The van der Waals surface area contributed by atoms with Gasteiger partial charge in [0.15, 0.2) is 0 Å². The summed E-state index contributed by atoms with van der Waals surface area (Å²) >= 11 is 1.97. The van der Waals surface area contributed by atoms with Gasteiger partial charge in [0.1, 0.15) is 0 Å². The number of fused-ring (bicyclic) bond motifs is 1. The third-order valence-corrected chi connectivity index (χ3v) is 6.03. The van der Waals surface area contributed by atoms with E-state index < -0.39 is 0 Å². The van der Waals surface area contributed by atoms with Crippen LogP contribution >= 0.6 is 11.8 Å². The molecule has 3 rings (SSSR count). The molecule has 0 spiro atoms. The summed E-state index contributed by atoms with van der Waals surface area (Å²) in [6.45, 7) is 7.15. The minimum absolute atomic E-state index is 0.0314. The molecule has 1 unspecified atom stereocenters. The van der Waals surface area contributed by atoms with Crippen molar-refractivity contribution in [3.05, 3.63) is 35.0 Å². The summed E-state index contributed by atoms with van der Waals surface area (Å²) < 4.78 is 0.209. The minimum Gasteiger partial charge on any atom is -0.358 e. The van der Waals surface area contributed by atoms with Crippen LogP contribution in [-0.2, 0) is 0 Å². The molecule has 1 atom stereocenters. The van der Waals surface area contributed by atoms with E-state index >= 15 is 0 Å². The zero-order chi connectivity index (χ0) is 15.0. The van der Waals surface area contributed by atoms with Crippen molar-refractivity contribution < 1.29 is 4.79 Å². The van der Waals surface area contributed by atoms with Gasteiger partial charge in [0.2, 0.25) is 0 Å². The largest absolute Gasteiger partial charge is 0.358 e. The Balaban J connectivity index is 1.76. The molecule has 2 heterocycles. The number of benzene rings is 1. The normalized spacial score (nSPS) is 21.9. The first-order valence-corrected chi connectivity index (χ1v) is 8.48. The van der Waals surface area contributed by atoms with Crippen LogP contribution in [0.25, 0.3) is 10.9 Å². The molecular formula is C17H22N2OS. The van der Waals surface area contributed by atoms with Crippen LogP contribution in [-0.4, -0.2) is 27.9 Å². The Hall–Kier alpha value is -1.42. The number of amides is 1. The quantitative estimate of drug-likeness (QED) is 0.906. The molecule has 4 heteroatoms. The second kappa shape index (κ2) is 5.41. The van der Waals surface area contributed by atoms with Crippen molar-refractivity contribution in [1.82, 2.24) is 10.3 Å². The van der Waals surface area contributed by atoms with Crippen molar-refractivity contribution in [3.63, 3.8) is 0 Å². The van der Waals surface area contributed by atoms with E-state index in [1.165, 1.54) is 24.2 Å². The molecule has 1 amide bonds. The van der Waals surface area contributed by atoms with Crippen LogP contribution in [0.3, 0.4) is 0 Å². The van der Waals surface area contributed by atoms with Crippen molar-refractivity contribution in [2.75, 3.05) is 12.3 Å². The molecule has 1 aromatic heterocycles. The Bertz CT molecular complexity index is 683. The Morgan fingerprint density at radius 2 is 2.24 bits per heavy atom. The van der Waals surface area contributed by atoms with Crippen LogP contribution in [0.5, 0.6) is 0 Å². The van der Waals surface area contributed by atoms with E-state index in [-0.39, 0.29) is 10.7 Å². The molecule has 0 saturated carbocycles. The number of nitrogens with one attached hydrogen (secondary N) is 2. The van der Waals surface area contributed by atoms with Gasteiger partial charge in [-0.25, -0.2) is 0 Å². The summed E-state index contributed by atoms with van der Waals surface area (Å²) in [5.74, 6) is 1.24. The zero-order valence-corrected chi connectivity index (χ0v) is 13.7. The van der Waals surface area contributed by atoms with Crippen molar-refractivity contribution in [2.24, 2.45) is 0 Å². The summed E-state index contributed by atoms with van der Waals surface area (Å²) in [6.07, 6.45) is 2.44. The fourth-order valence-corrected chi connectivity index (χ4v) is 4.19. The number of carbonyl (C=O) groups is 1. The number of hydrogen-bond donors (Lipinski definition) is 2. The lowest BCUT2D eigenvalue weighted by Crippen LogP contribution is -2.36. The van der Waals surface area contributed by atoms with Gasteiger partial charge in [-0.05, 0) is 63.1 Å². The Labute approximate surface area is 129 Å². The molecule has 0 radical (unpaired) electrons. The fraction of sp³-hybridized carbons (Fsp3) is 0.471. The fourth-order valence-electron chi connectivity index (χ4n) is 2.95. The highest BCUT2D eigenvalue weighted by molar-refractivity contribution is 8.00. The van der Waals surface area contributed by atoms with Crippen molar-refractivity contribution in [2.45, 2.75) is 38.4 Å². The van der Waals surface area contributed by atoms with Gasteiger partial charge in [-0.2, -0.15) is 11.8 Å². The number of aryl methyl sites for hydroxylation is 2. The number of carbonyl (C=O) groups excluding carboxylic acids is 1. The first-order valence-electron chi connectivity index (χ1n) is 7.50. The van der Waals surface area contributed by atoms with E-state index in [1.54, 1.807) is 0 Å². The molecule has 2 N–H and O–H groups in total. The van der Waals surface area contributed by atoms with Gasteiger partial charge in [-0.15, -0.1) is 0 Å². The third kappa shape index (κ3) is 2.82. The first kappa shape index (κ1) is 14.5. The van der Waals surface area contributed by atoms with Crippen LogP contribution in [0, 0.1) is 13.8 Å². The number of aromatic nitrogens is 1. The summed E-state index contributed by atoms with van der Waals surface area (Å²) in [7, 11) is 0. The second-order valence-electron chi connectivity index (χ2n) is 6.22. The maximum Gasteiger partial charge on any atom is 0.251 e. The molecule has 0 bridgehead atoms. The van der Waals surface area contributed by atoms with Gasteiger partial charge in [-0.3, -0.25) is 4.79 Å². The van der Waals surface area contributed by atoms with Gasteiger partial charge in [0, 0.05) is 33.5 Å². The van der Waals surface area contributed by atoms with Gasteiger partial charge in [0.05, 0.1) is 0 Å². The predicted octanol–water partition coefficient (Wildman–Crippen LogP) is 3.80. The number of aromatic amines is 1. The monoisotopic (exact) mass is 302 g/mol. The van der Waals surface area contributed by atoms with Crippen LogP contribution in [0.4, 0.5) is 0 Å². The van der Waals surface area contributed by atoms with Crippen molar-refractivity contribution in [3.8, 4) is 0 Å². The summed E-state index contributed by atoms with van der Waals surface area (Å²) in [6, 6.07) is 5.89. The van der Waals surface area contributed by atoms with Crippen molar-refractivity contribution >= 4 is 28.6 Å². The highest BCUT2D eigenvalue weighted by atomic mass is 32.2. The number of rotatable bonds is 3. The molecule has 1 aliphatic rings. The van der Waals surface area contributed by atoms with Gasteiger partial charge in [0.25, 0.3) is 5.91 Å². The van der Waals surface area contributed by atoms with Gasteiger partial charge < -0.3 is 10.3 Å². The molecule has 2 aromatic rings. The molecule has 1 fully saturated rings. The smallest absolute Gasteiger partial charge is 0.251 e. The highest BCUT2D eigenvalue weighted by Gasteiger charge is 2.29. The average Bonchev–Trinajstić information content (AvgIpc) is 3.02. The zero-order valence-electron chi connectivity index (χ0n) is 12.9. The molecule has 3 nitrogen and oxygen atoms in total. The van der Waals surface area contributed by atoms with Crippen LogP contribution in [0.15, 0.2) is 18.2 Å². The highest BCUT2D eigenvalue weighted by Crippen LogP contribution is 2.37. The minimum atomic E-state index is 0.0314. The summed E-state index contributed by atoms with van der Waals surface area (Å²) in [5.41, 5.74) is 4.23. The first-order chi connectivity index (χ1) is 9.98. The standard InChI is InChI=1S/C17H22N2OS/c1-11-12(2)19-15-6-5-13(9-14(11)15)16(20)18-10-17(3)7-4-8-21-17/h5-6,9,19H,4,7-8,10H2,1-3H3,(H,18,20). The SMILES string of the molecule is Cc1[nH]c2ccc(C(=O)NCC3(C)CCCS3)cc2c1C. The van der Waals surface area contributed by atoms with Crippen molar-refractivity contribution in [1.29, 1.82) is 0 Å². The van der Waals surface area contributed by atoms with E-state index in [4.69, 9.17) is 0 Å². The van der Waals surface area contributed by atoms with Gasteiger partial charge >= 0.3 is 0 Å². The van der Waals surface area contributed by atoms with Crippen LogP contribution in [0.2, 0.25) is 0 Å². The predicted molar refractivity (Wildman–Crippen MR) is 90.2 cm³/mol. The average molecular weight is 302 g/mol. The lowest BCUT2D eigenvalue weighted by molar-refractivity contribution is 0.0950. The van der Waals surface area contributed by atoms with E-state index in [0.29, 0.717) is 0 Å². The summed E-state index contributed by atoms with van der Waals surface area (Å²) in [5, 5.41) is 4.24. The molecule has 21 heavy (non-hydrogen) atoms. The maximum absolute atomic E-state index is 12.4. The molecule has 0 aliphatic carbocycles. The Morgan fingerprint density at radius 3 is 2.95 bits per heavy atom. The second-order valence-corrected chi connectivity index (χ2v) is 7.90. The lowest BCUT2D eigenvalue weighted by Gasteiger charge is -2.22. The number of H-pyrrole nitrogens is 1. The topological polar surface area (TPSA) is 44.9 Å². The third-order valence-electron chi connectivity index (χ3n) is 4.49. The van der Waals surface area contributed by atoms with Gasteiger partial charge in [-0.1, -0.05) is 0 Å². The molecule has 1 aromatic carbocycles. The molecule has 1 saturated heterocycles. The lowest BCUT2D eigenvalue weighted by atomic mass is 10.1. The van der Waals surface area contributed by atoms with Crippen LogP contribution in [0.1, 0.15) is 41.4 Å². The van der Waals surface area contributed by atoms with E-state index in [9.17, 15) is 4.79 Å². The van der Waals surface area contributed by atoms with Crippen LogP contribution < -0.4 is 5.32 Å². The number of hydrogen-bond acceptors (Lipinski definition) is 2. The Morgan fingerprint density at radius 1 is 1.43 bits per heavy atom. The molecule has 1 aliphatic heterocycles. The van der Waals surface area contributed by atoms with E-state index in [0.717, 1.165) is 28.7 Å². The number of thioether (sulfide) groups is 1. The maximum atomic E-state index is 12.4. The van der Waals surface area contributed by atoms with E-state index in [1.807, 2.05) is 30.0 Å². The van der Waals surface area contributed by atoms with E-state index in [2.05, 4.69) is 31.1 Å². The molecular weight excluding hydrogens is 280 g/mol. The molecule has 112 valence electrons.